The fraction of sp³-hybridized carbons (Fsp3) is 0.200. The van der Waals surface area contributed by atoms with E-state index < -0.39 is 11.6 Å². The number of fused-ring (bicyclic) bond motifs is 12. The van der Waals surface area contributed by atoms with Gasteiger partial charge in [-0.1, -0.05) is 181 Å². The minimum absolute atomic E-state index is 0.0414. The van der Waals surface area contributed by atoms with E-state index >= 15 is 0 Å². The molecule has 4 unspecified atom stereocenters. The van der Waals surface area contributed by atoms with Crippen molar-refractivity contribution in [3.63, 3.8) is 0 Å². The summed E-state index contributed by atoms with van der Waals surface area (Å²) in [6, 6.07) is 61.8. The molecule has 20 heteroatoms. The Morgan fingerprint density at radius 1 is 0.450 bits per heavy atom. The highest BCUT2D eigenvalue weighted by Crippen LogP contribution is 2.43. The van der Waals surface area contributed by atoms with Crippen LogP contribution in [0.25, 0.3) is 43.6 Å². The molecule has 0 bridgehead atoms. The third-order valence-corrected chi connectivity index (χ3v) is 20.3. The van der Waals surface area contributed by atoms with Gasteiger partial charge in [-0.25, -0.2) is 18.4 Å². The van der Waals surface area contributed by atoms with Gasteiger partial charge in [0.1, 0.15) is 17.8 Å². The number of amides is 2. The minimum atomic E-state index is -0.828. The first-order valence-electron chi connectivity index (χ1n) is 33.2. The molecule has 13 aromatic rings. The molecule has 12 nitrogen and oxygen atoms in total. The van der Waals surface area contributed by atoms with Gasteiger partial charge in [0, 0.05) is 128 Å². The summed E-state index contributed by atoms with van der Waals surface area (Å²) in [6.45, 7) is 7.28. The lowest BCUT2D eigenvalue weighted by atomic mass is 9.93. The van der Waals surface area contributed by atoms with E-state index in [1.807, 2.05) is 170 Å². The molecule has 0 saturated heterocycles. The number of H-pyrrole nitrogens is 4. The van der Waals surface area contributed by atoms with E-state index in [0.717, 1.165) is 132 Å². The Morgan fingerprint density at radius 2 is 0.850 bits per heavy atom. The van der Waals surface area contributed by atoms with Crippen LogP contribution in [-0.4, -0.2) is 74.7 Å². The average molecular weight is 1460 g/mol. The molecule has 0 fully saturated rings. The molecule has 4 aromatic heterocycles. The minimum Gasteiger partial charge on any atom is -0.449 e. The largest absolute Gasteiger partial charge is 0.449 e. The number of benzene rings is 9. The van der Waals surface area contributed by atoms with Crippen LogP contribution in [0, 0.1) is 17.6 Å². The number of carbonyl (C=O) groups is 2. The number of hydrogen-bond acceptors (Lipinski definition) is 6. The zero-order valence-electron chi connectivity index (χ0n) is 54.4. The second-order valence-electron chi connectivity index (χ2n) is 25.6. The summed E-state index contributed by atoms with van der Waals surface area (Å²) in [7, 11) is 0. The lowest BCUT2D eigenvalue weighted by Crippen LogP contribution is -2.42. The standard InChI is InChI=1S/C24H19ClN2O2.C22H23ClN2O2.C17H13Cl3N2.C17H13ClF2N2/c25-17-11-12-21-20(15-17)19-13-14-27(24(28)29-18-9-5-2-6-10-18)23(22(19)26-21)16-7-3-1-4-8-16;1-14(2)13-27-22(26)25-11-10-17-18-12-16(23)8-9-19(18)24-20(17)21(25)15-6-4-3-5-7-15;18-9-2-4-15-13(7-9)11-5-6-21-16(17(11)22-15)12-3-1-10(19)8-14(12)20;18-9-4-5-14-12(8-9)10-6-7-21-16(17(10)22-14)11-2-1-3-13(19)15(11)20/h1-12,15,23,26H,13-14H2;3-9,12,14,21,24H,10-11,13H2,1-2H3;1-4,7-8,16,21-22H,5-6H2;1-5,8,16,21-22H,6-7H2. The zero-order valence-corrected chi connectivity index (χ0v) is 58.9. The first-order valence-corrected chi connectivity index (χ1v) is 35.4. The van der Waals surface area contributed by atoms with Crippen molar-refractivity contribution < 1.29 is 27.8 Å². The number of halogens is 8. The van der Waals surface area contributed by atoms with Crippen molar-refractivity contribution in [3.8, 4) is 5.75 Å². The van der Waals surface area contributed by atoms with Gasteiger partial charge in [0.25, 0.3) is 0 Å². The van der Waals surface area contributed by atoms with Crippen molar-refractivity contribution in [1.29, 1.82) is 0 Å². The summed E-state index contributed by atoms with van der Waals surface area (Å²) in [5.74, 6) is -0.784. The average Bonchev–Trinajstić information content (AvgIpc) is 1.59. The van der Waals surface area contributed by atoms with Gasteiger partial charge in [-0.3, -0.25) is 9.80 Å². The van der Waals surface area contributed by atoms with Crippen molar-refractivity contribution in [2.75, 3.05) is 32.8 Å². The van der Waals surface area contributed by atoms with Crippen LogP contribution < -0.4 is 15.4 Å². The topological polar surface area (TPSA) is 146 Å². The molecule has 2 amide bonds. The van der Waals surface area contributed by atoms with E-state index in [-0.39, 0.29) is 36.4 Å². The summed E-state index contributed by atoms with van der Waals surface area (Å²) in [5, 5.41) is 15.5. The van der Waals surface area contributed by atoms with Crippen LogP contribution in [0.15, 0.2) is 200 Å². The molecule has 9 aromatic carbocycles. The second-order valence-corrected chi connectivity index (χ2v) is 28.2. The van der Waals surface area contributed by atoms with Crippen molar-refractivity contribution in [2.45, 2.75) is 63.7 Å². The van der Waals surface area contributed by atoms with Gasteiger partial charge in [-0.2, -0.15) is 0 Å². The molecule has 8 heterocycles. The number of nitrogens with zero attached hydrogens (tertiary/aromatic N) is 2. The van der Waals surface area contributed by atoms with Crippen molar-refractivity contribution in [1.82, 2.24) is 40.4 Å². The van der Waals surface area contributed by atoms with Gasteiger partial charge in [0.05, 0.1) is 18.7 Å². The third kappa shape index (κ3) is 14.2. The lowest BCUT2D eigenvalue weighted by molar-refractivity contribution is 0.0797. The van der Waals surface area contributed by atoms with E-state index in [1.165, 1.54) is 28.1 Å². The van der Waals surface area contributed by atoms with Crippen molar-refractivity contribution >= 4 is 125 Å². The van der Waals surface area contributed by atoms with Crippen LogP contribution in [0.1, 0.15) is 105 Å². The fourth-order valence-corrected chi connectivity index (χ4v) is 15.5. The molecule has 4 aliphatic heterocycles. The third-order valence-electron chi connectivity index (χ3n) is 18.8. The zero-order chi connectivity index (χ0) is 69.3. The molecular weight excluding hydrogens is 1390 g/mol. The maximum Gasteiger partial charge on any atom is 0.416 e. The number of aromatic nitrogens is 4. The van der Waals surface area contributed by atoms with Crippen LogP contribution in [0.3, 0.4) is 0 Å². The first kappa shape index (κ1) is 68.3. The maximum absolute atomic E-state index is 14.1. The molecule has 508 valence electrons. The number of para-hydroxylation sites is 1. The molecule has 4 atom stereocenters. The fourth-order valence-electron chi connectivity index (χ4n) is 14.3. The highest BCUT2D eigenvalue weighted by atomic mass is 35.5. The molecule has 0 radical (unpaired) electrons. The monoisotopic (exact) mass is 1450 g/mol. The molecule has 6 N–H and O–H groups in total. The Balaban J connectivity index is 0.000000114. The molecular formula is C80H68Cl6F2N8O4. The number of ether oxygens (including phenoxy) is 2. The van der Waals surface area contributed by atoms with Gasteiger partial charge in [-0.15, -0.1) is 0 Å². The van der Waals surface area contributed by atoms with Crippen LogP contribution in [0.5, 0.6) is 5.75 Å². The van der Waals surface area contributed by atoms with Crippen LogP contribution >= 0.6 is 69.6 Å². The van der Waals surface area contributed by atoms with E-state index in [0.29, 0.717) is 63.6 Å². The van der Waals surface area contributed by atoms with Gasteiger partial charge >= 0.3 is 12.2 Å². The molecule has 17 rings (SSSR count). The Hall–Kier alpha value is -8.80. The van der Waals surface area contributed by atoms with Gasteiger partial charge in [-0.05, 0) is 174 Å². The number of hydrogen-bond donors (Lipinski definition) is 6. The van der Waals surface area contributed by atoms with Gasteiger partial charge < -0.3 is 40.0 Å². The summed E-state index contributed by atoms with van der Waals surface area (Å²) < 4.78 is 38.9. The van der Waals surface area contributed by atoms with E-state index in [9.17, 15) is 18.4 Å². The number of nitrogens with one attached hydrogen (secondary N) is 6. The highest BCUT2D eigenvalue weighted by molar-refractivity contribution is 6.35. The van der Waals surface area contributed by atoms with Crippen molar-refractivity contribution in [3.05, 3.63) is 309 Å². The Kier molecular flexibility index (Phi) is 20.4. The first-order chi connectivity index (χ1) is 48.5. The number of rotatable bonds is 7. The predicted octanol–water partition coefficient (Wildman–Crippen LogP) is 21.2. The normalized spacial score (nSPS) is 16.9. The number of carbonyl (C=O) groups excluding carboxylic acids is 2. The van der Waals surface area contributed by atoms with Gasteiger partial charge in [0.2, 0.25) is 0 Å². The highest BCUT2D eigenvalue weighted by Gasteiger charge is 2.38. The SMILES string of the molecule is CC(C)COC(=O)N1CCc2c([nH]c3ccc(Cl)cc23)C1c1ccccc1.Clc1ccc(C2NCCc3c2[nH]c2ccc(Cl)cc32)c(Cl)c1.Fc1cccc(C2NCCc3c2[nH]c2ccc(Cl)cc32)c1F.O=C(Oc1ccccc1)N1CCc2c([nH]c3ccc(Cl)cc23)C1c1ccccc1. The quantitative estimate of drug-likeness (QED) is 0.0937. The summed E-state index contributed by atoms with van der Waals surface area (Å²) in [5.41, 5.74) is 16.6. The summed E-state index contributed by atoms with van der Waals surface area (Å²) in [4.78, 5) is 43.5. The molecule has 0 aliphatic carbocycles. The van der Waals surface area contributed by atoms with Crippen LogP contribution in [-0.2, 0) is 30.4 Å². The van der Waals surface area contributed by atoms with Gasteiger partial charge in [0.15, 0.2) is 11.6 Å². The number of aromatic amines is 4. The van der Waals surface area contributed by atoms with Crippen LogP contribution in [0.4, 0.5) is 18.4 Å². The summed E-state index contributed by atoms with van der Waals surface area (Å²) >= 11 is 37.1. The van der Waals surface area contributed by atoms with E-state index in [2.05, 4.69) is 42.7 Å². The Labute approximate surface area is 606 Å². The molecule has 0 saturated carbocycles. The Morgan fingerprint density at radius 3 is 1.30 bits per heavy atom. The smallest absolute Gasteiger partial charge is 0.416 e. The molecule has 0 spiro atoms. The lowest BCUT2D eigenvalue weighted by Gasteiger charge is -2.35. The Bertz CT molecular complexity index is 5160. The van der Waals surface area contributed by atoms with E-state index in [1.54, 1.807) is 29.2 Å². The maximum atomic E-state index is 14.1. The van der Waals surface area contributed by atoms with Crippen molar-refractivity contribution in [2.24, 2.45) is 5.92 Å². The van der Waals surface area contributed by atoms with Crippen LogP contribution in [0.2, 0.25) is 30.1 Å². The second kappa shape index (κ2) is 29.8. The van der Waals surface area contributed by atoms with E-state index in [4.69, 9.17) is 79.1 Å². The molecule has 4 aliphatic rings. The predicted molar refractivity (Wildman–Crippen MR) is 399 cm³/mol. The molecule has 100 heavy (non-hydrogen) atoms. The summed E-state index contributed by atoms with van der Waals surface area (Å²) in [6.07, 6.45) is 2.69.